The Hall–Kier alpha value is -3.71. The number of hydrogen-bond acceptors (Lipinski definition) is 6. The van der Waals surface area contributed by atoms with Gasteiger partial charge in [-0.3, -0.25) is 0 Å². The van der Waals surface area contributed by atoms with E-state index in [0.717, 1.165) is 61.1 Å². The number of allylic oxidation sites excluding steroid dienone is 1. The number of hydrogen-bond donors (Lipinski definition) is 1. The molecule has 154 valence electrons. The van der Waals surface area contributed by atoms with Crippen LogP contribution in [0.5, 0.6) is 0 Å². The van der Waals surface area contributed by atoms with Gasteiger partial charge in [-0.15, -0.1) is 0 Å². The van der Waals surface area contributed by atoms with Crippen molar-refractivity contribution < 1.29 is 4.74 Å². The van der Waals surface area contributed by atoms with Gasteiger partial charge in [-0.2, -0.15) is 0 Å². The lowest BCUT2D eigenvalue weighted by Gasteiger charge is -2.27. The van der Waals surface area contributed by atoms with E-state index in [1.165, 1.54) is 11.1 Å². The third-order valence-electron chi connectivity index (χ3n) is 5.79. The quantitative estimate of drug-likeness (QED) is 0.550. The maximum absolute atomic E-state index is 5.43. The summed E-state index contributed by atoms with van der Waals surface area (Å²) in [5, 5.41) is 3.41. The van der Waals surface area contributed by atoms with E-state index in [9.17, 15) is 0 Å². The number of nitrogens with zero attached hydrogens (tertiary/aromatic N) is 5. The van der Waals surface area contributed by atoms with Crippen molar-refractivity contribution in [3.05, 3.63) is 72.3 Å². The summed E-state index contributed by atoms with van der Waals surface area (Å²) in [5.74, 6) is 1.68. The third kappa shape index (κ3) is 3.43. The van der Waals surface area contributed by atoms with Crippen LogP contribution in [0.25, 0.3) is 23.0 Å². The van der Waals surface area contributed by atoms with Crippen LogP contribution in [0.4, 0.5) is 17.3 Å². The maximum atomic E-state index is 5.43. The van der Waals surface area contributed by atoms with Crippen molar-refractivity contribution in [2.45, 2.75) is 6.42 Å². The molecule has 1 aliphatic heterocycles. The normalized spacial score (nSPS) is 15.4. The molecule has 1 N–H and O–H groups in total. The number of rotatable bonds is 4. The molecule has 1 fully saturated rings. The average molecular weight is 410 g/mol. The number of morpholine rings is 1. The Morgan fingerprint density at radius 3 is 2.84 bits per heavy atom. The van der Waals surface area contributed by atoms with Gasteiger partial charge in [0.2, 0.25) is 0 Å². The molecule has 0 spiro atoms. The SMILES string of the molecule is C1=Cc2ccc(-c3cn4ccnc4c(Nc4ccc(N5CCOCC5)nc4)n3)cc2C1. The Morgan fingerprint density at radius 1 is 1.03 bits per heavy atom. The van der Waals surface area contributed by atoms with E-state index in [4.69, 9.17) is 9.72 Å². The summed E-state index contributed by atoms with van der Waals surface area (Å²) in [6.45, 7) is 3.23. The topological polar surface area (TPSA) is 67.6 Å². The lowest BCUT2D eigenvalue weighted by atomic mass is 10.0. The van der Waals surface area contributed by atoms with Crippen LogP contribution >= 0.6 is 0 Å². The third-order valence-corrected chi connectivity index (χ3v) is 5.79. The number of nitrogens with one attached hydrogen (secondary N) is 1. The van der Waals surface area contributed by atoms with Crippen LogP contribution in [0.15, 0.2) is 61.2 Å². The molecule has 3 aromatic heterocycles. The summed E-state index contributed by atoms with van der Waals surface area (Å²) in [6, 6.07) is 10.6. The van der Waals surface area contributed by atoms with Gasteiger partial charge in [-0.05, 0) is 35.7 Å². The minimum atomic E-state index is 0.710. The Labute approximate surface area is 180 Å². The summed E-state index contributed by atoms with van der Waals surface area (Å²) < 4.78 is 7.43. The Balaban J connectivity index is 1.32. The first kappa shape index (κ1) is 18.1. The zero-order valence-corrected chi connectivity index (χ0v) is 17.0. The monoisotopic (exact) mass is 410 g/mol. The van der Waals surface area contributed by atoms with Crippen molar-refractivity contribution in [1.29, 1.82) is 0 Å². The highest BCUT2D eigenvalue weighted by atomic mass is 16.5. The molecule has 7 nitrogen and oxygen atoms in total. The Kier molecular flexibility index (Phi) is 4.39. The number of fused-ring (bicyclic) bond motifs is 2. The minimum Gasteiger partial charge on any atom is -0.378 e. The number of anilines is 3. The van der Waals surface area contributed by atoms with Gasteiger partial charge >= 0.3 is 0 Å². The second-order valence-corrected chi connectivity index (χ2v) is 7.78. The van der Waals surface area contributed by atoms with Crippen molar-refractivity contribution >= 4 is 29.0 Å². The van der Waals surface area contributed by atoms with E-state index < -0.39 is 0 Å². The van der Waals surface area contributed by atoms with E-state index in [2.05, 4.69) is 50.5 Å². The minimum absolute atomic E-state index is 0.710. The van der Waals surface area contributed by atoms with Crippen LogP contribution in [0.2, 0.25) is 0 Å². The average Bonchev–Trinajstić information content (AvgIpc) is 3.49. The second-order valence-electron chi connectivity index (χ2n) is 7.78. The maximum Gasteiger partial charge on any atom is 0.180 e. The fourth-order valence-electron chi connectivity index (χ4n) is 4.15. The fourth-order valence-corrected chi connectivity index (χ4v) is 4.15. The molecule has 0 bridgehead atoms. The summed E-state index contributed by atoms with van der Waals surface area (Å²) >= 11 is 0. The highest BCUT2D eigenvalue weighted by Gasteiger charge is 2.14. The van der Waals surface area contributed by atoms with Gasteiger partial charge in [-0.1, -0.05) is 24.3 Å². The number of benzene rings is 1. The molecule has 4 aromatic rings. The van der Waals surface area contributed by atoms with Crippen molar-refractivity contribution in [3.63, 3.8) is 0 Å². The van der Waals surface area contributed by atoms with Gasteiger partial charge in [0, 0.05) is 37.2 Å². The van der Waals surface area contributed by atoms with Crippen LogP contribution in [-0.2, 0) is 11.2 Å². The Bertz CT molecular complexity index is 1270. The fraction of sp³-hybridized carbons (Fsp3) is 0.208. The summed E-state index contributed by atoms with van der Waals surface area (Å²) in [6.07, 6.45) is 13.0. The number of aromatic nitrogens is 4. The van der Waals surface area contributed by atoms with E-state index in [0.29, 0.717) is 5.82 Å². The molecule has 31 heavy (non-hydrogen) atoms. The molecule has 0 amide bonds. The lowest BCUT2D eigenvalue weighted by Crippen LogP contribution is -2.36. The van der Waals surface area contributed by atoms with Gasteiger partial charge in [0.15, 0.2) is 11.5 Å². The lowest BCUT2D eigenvalue weighted by molar-refractivity contribution is 0.122. The molecule has 0 unspecified atom stereocenters. The largest absolute Gasteiger partial charge is 0.378 e. The molecule has 1 saturated heterocycles. The first-order chi connectivity index (χ1) is 15.3. The molecular formula is C24H22N6O. The number of imidazole rings is 1. The predicted molar refractivity (Wildman–Crippen MR) is 122 cm³/mol. The van der Waals surface area contributed by atoms with Gasteiger partial charge in [-0.25, -0.2) is 15.0 Å². The van der Waals surface area contributed by atoms with Crippen molar-refractivity contribution in [3.8, 4) is 11.3 Å². The number of ether oxygens (including phenoxy) is 1. The van der Waals surface area contributed by atoms with Crippen molar-refractivity contribution in [2.24, 2.45) is 0 Å². The number of pyridine rings is 1. The van der Waals surface area contributed by atoms with Gasteiger partial charge in [0.05, 0.1) is 30.8 Å². The molecule has 2 aliphatic rings. The standard InChI is InChI=1S/C24H22N6O/c1-2-17-4-5-19(14-18(17)3-1)21-16-30-9-8-25-24(30)23(28-21)27-20-6-7-22(26-15-20)29-10-12-31-13-11-29/h1-2,4-9,14-16H,3,10-13H2,(H,27,28). The molecule has 7 heteroatoms. The van der Waals surface area contributed by atoms with Crippen LogP contribution in [-0.4, -0.2) is 45.7 Å². The molecule has 0 atom stereocenters. The van der Waals surface area contributed by atoms with E-state index in [1.807, 2.05) is 35.1 Å². The highest BCUT2D eigenvalue weighted by Crippen LogP contribution is 2.28. The second kappa shape index (κ2) is 7.52. The predicted octanol–water partition coefficient (Wildman–Crippen LogP) is 3.94. The summed E-state index contributed by atoms with van der Waals surface area (Å²) in [4.78, 5) is 16.3. The molecule has 1 aliphatic carbocycles. The summed E-state index contributed by atoms with van der Waals surface area (Å²) in [5.41, 5.74) is 6.29. The van der Waals surface area contributed by atoms with Crippen molar-refractivity contribution in [1.82, 2.24) is 19.4 Å². The highest BCUT2D eigenvalue weighted by molar-refractivity contribution is 5.75. The van der Waals surface area contributed by atoms with Crippen LogP contribution in [0, 0.1) is 0 Å². The van der Waals surface area contributed by atoms with E-state index in [-0.39, 0.29) is 0 Å². The van der Waals surface area contributed by atoms with E-state index >= 15 is 0 Å². The molecule has 4 heterocycles. The molecule has 6 rings (SSSR count). The molecule has 0 radical (unpaired) electrons. The van der Waals surface area contributed by atoms with Crippen molar-refractivity contribution in [2.75, 3.05) is 36.5 Å². The van der Waals surface area contributed by atoms with Crippen LogP contribution < -0.4 is 10.2 Å². The summed E-state index contributed by atoms with van der Waals surface area (Å²) in [7, 11) is 0. The molecule has 0 saturated carbocycles. The smallest absolute Gasteiger partial charge is 0.180 e. The zero-order chi connectivity index (χ0) is 20.6. The van der Waals surface area contributed by atoms with Gasteiger partial charge in [0.25, 0.3) is 0 Å². The zero-order valence-electron chi connectivity index (χ0n) is 17.0. The van der Waals surface area contributed by atoms with Gasteiger partial charge < -0.3 is 19.4 Å². The molecular weight excluding hydrogens is 388 g/mol. The first-order valence-electron chi connectivity index (χ1n) is 10.5. The first-order valence-corrected chi connectivity index (χ1v) is 10.5. The van der Waals surface area contributed by atoms with Gasteiger partial charge in [0.1, 0.15) is 5.82 Å². The van der Waals surface area contributed by atoms with Crippen LogP contribution in [0.3, 0.4) is 0 Å². The van der Waals surface area contributed by atoms with E-state index in [1.54, 1.807) is 6.20 Å². The van der Waals surface area contributed by atoms with Crippen LogP contribution in [0.1, 0.15) is 11.1 Å². The molecule has 1 aromatic carbocycles. The Morgan fingerprint density at radius 2 is 1.97 bits per heavy atom.